The van der Waals surface area contributed by atoms with Gasteiger partial charge in [0.15, 0.2) is 5.82 Å². The first kappa shape index (κ1) is 22.0. The van der Waals surface area contributed by atoms with Crippen molar-refractivity contribution in [1.29, 1.82) is 0 Å². The molecule has 10 heteroatoms. The fraction of sp³-hybridized carbons (Fsp3) is 0.190. The second-order valence-corrected chi connectivity index (χ2v) is 8.68. The first-order chi connectivity index (χ1) is 14.9. The van der Waals surface area contributed by atoms with Crippen molar-refractivity contribution in [1.82, 2.24) is 19.7 Å². The summed E-state index contributed by atoms with van der Waals surface area (Å²) in [6, 6.07) is 14.6. The molecule has 0 aliphatic heterocycles. The lowest BCUT2D eigenvalue weighted by molar-refractivity contribution is 0.159. The van der Waals surface area contributed by atoms with Gasteiger partial charge >= 0.3 is 6.09 Å². The summed E-state index contributed by atoms with van der Waals surface area (Å²) in [6.45, 7) is 1.87. The lowest BCUT2D eigenvalue weighted by Gasteiger charge is -2.10. The predicted octanol–water partition coefficient (Wildman–Crippen LogP) is 3.02. The summed E-state index contributed by atoms with van der Waals surface area (Å²) in [5.41, 5.74) is 2.07. The van der Waals surface area contributed by atoms with Crippen LogP contribution in [0.5, 0.6) is 5.75 Å². The summed E-state index contributed by atoms with van der Waals surface area (Å²) in [7, 11) is -1.19. The molecule has 0 saturated heterocycles. The molecule has 0 radical (unpaired) electrons. The van der Waals surface area contributed by atoms with Crippen LogP contribution in [0.2, 0.25) is 0 Å². The Morgan fingerprint density at radius 1 is 1.16 bits per heavy atom. The van der Waals surface area contributed by atoms with Crippen LogP contribution >= 0.6 is 0 Å². The van der Waals surface area contributed by atoms with Crippen LogP contribution in [-0.2, 0) is 14.4 Å². The van der Waals surface area contributed by atoms with Gasteiger partial charge in [-0.1, -0.05) is 24.3 Å². The molecule has 1 heterocycles. The molecule has 0 aliphatic rings. The van der Waals surface area contributed by atoms with E-state index in [-0.39, 0.29) is 6.61 Å². The molecule has 3 aromatic rings. The van der Waals surface area contributed by atoms with Gasteiger partial charge in [0.05, 0.1) is 29.0 Å². The Bertz CT molecular complexity index is 1190. The Labute approximate surface area is 181 Å². The van der Waals surface area contributed by atoms with E-state index in [4.69, 9.17) is 9.47 Å². The van der Waals surface area contributed by atoms with Gasteiger partial charge in [-0.3, -0.25) is 0 Å². The Kier molecular flexibility index (Phi) is 7.03. The van der Waals surface area contributed by atoms with E-state index in [1.165, 1.54) is 18.0 Å². The molecule has 0 bridgehead atoms. The maximum Gasteiger partial charge on any atom is 0.418 e. The average Bonchev–Trinajstić information content (AvgIpc) is 2.73. The number of hydrogen-bond donors (Lipinski definition) is 2. The number of anilines is 2. The molecule has 9 nitrogen and oxygen atoms in total. The molecule has 1 atom stereocenters. The van der Waals surface area contributed by atoms with E-state index >= 15 is 0 Å². The SMILES string of the molecule is CCOC(=O)NS(C)(=O)=Cc1cccc(Nc2ncnc(-c3ccccc3OC)n2)c1. The quantitative estimate of drug-likeness (QED) is 0.538. The van der Waals surface area contributed by atoms with Crippen LogP contribution in [0.25, 0.3) is 11.4 Å². The molecule has 1 aromatic heterocycles. The zero-order chi connectivity index (χ0) is 22.3. The fourth-order valence-electron chi connectivity index (χ4n) is 2.75. The Balaban J connectivity index is 1.83. The fourth-order valence-corrected chi connectivity index (χ4v) is 3.86. The monoisotopic (exact) mass is 441 g/mol. The van der Waals surface area contributed by atoms with Gasteiger partial charge in [-0.15, -0.1) is 0 Å². The number of carbonyl (C=O) groups excluding carboxylic acids is 1. The van der Waals surface area contributed by atoms with Crippen LogP contribution in [0.15, 0.2) is 54.9 Å². The van der Waals surface area contributed by atoms with E-state index in [0.29, 0.717) is 28.8 Å². The average molecular weight is 442 g/mol. The standard InChI is InChI=1S/C21H23N5O4S/c1-4-30-21(27)26-31(3,28)13-15-8-7-9-16(12-15)24-20-23-14-22-19(25-20)17-10-5-6-11-18(17)29-2/h5-14H,4H2,1-3H3,(H,26,27,28)(H,22,23,24,25). The van der Waals surface area contributed by atoms with Crippen molar-refractivity contribution in [3.05, 3.63) is 60.4 Å². The second kappa shape index (κ2) is 9.90. The van der Waals surface area contributed by atoms with Crippen molar-refractivity contribution in [2.75, 3.05) is 25.3 Å². The van der Waals surface area contributed by atoms with Crippen LogP contribution < -0.4 is 14.8 Å². The number of para-hydroxylation sites is 1. The highest BCUT2D eigenvalue weighted by molar-refractivity contribution is 7.99. The number of rotatable bonds is 7. The van der Waals surface area contributed by atoms with Gasteiger partial charge in [0.25, 0.3) is 0 Å². The Hall–Kier alpha value is -3.66. The van der Waals surface area contributed by atoms with E-state index < -0.39 is 15.8 Å². The molecule has 31 heavy (non-hydrogen) atoms. The van der Waals surface area contributed by atoms with Crippen LogP contribution in [-0.4, -0.2) is 50.6 Å². The maximum atomic E-state index is 12.6. The summed E-state index contributed by atoms with van der Waals surface area (Å²) >= 11 is 0. The van der Waals surface area contributed by atoms with Crippen molar-refractivity contribution in [3.8, 4) is 17.1 Å². The van der Waals surface area contributed by atoms with Crippen molar-refractivity contribution in [2.24, 2.45) is 0 Å². The summed E-state index contributed by atoms with van der Waals surface area (Å²) in [5, 5.41) is 4.59. The van der Waals surface area contributed by atoms with Gasteiger partial charge in [-0.05, 0) is 36.8 Å². The number of nitrogens with zero attached hydrogens (tertiary/aromatic N) is 3. The summed E-state index contributed by atoms with van der Waals surface area (Å²) in [5.74, 6) is 1.46. The molecule has 2 N–H and O–H groups in total. The van der Waals surface area contributed by atoms with Crippen molar-refractivity contribution in [2.45, 2.75) is 6.92 Å². The van der Waals surface area contributed by atoms with Gasteiger partial charge in [0, 0.05) is 17.3 Å². The van der Waals surface area contributed by atoms with Crippen LogP contribution in [0.1, 0.15) is 12.5 Å². The third-order valence-electron chi connectivity index (χ3n) is 3.98. The van der Waals surface area contributed by atoms with Crippen LogP contribution in [0, 0.1) is 0 Å². The third-order valence-corrected chi connectivity index (χ3v) is 5.28. The highest BCUT2D eigenvalue weighted by atomic mass is 32.2. The van der Waals surface area contributed by atoms with Gasteiger partial charge in [0.2, 0.25) is 5.95 Å². The zero-order valence-electron chi connectivity index (χ0n) is 17.4. The molecular weight excluding hydrogens is 418 g/mol. The van der Waals surface area contributed by atoms with Crippen molar-refractivity contribution in [3.63, 3.8) is 0 Å². The van der Waals surface area contributed by atoms with Gasteiger partial charge in [-0.2, -0.15) is 4.98 Å². The highest BCUT2D eigenvalue weighted by Crippen LogP contribution is 2.27. The molecule has 0 spiro atoms. The summed E-state index contributed by atoms with van der Waals surface area (Å²) < 4.78 is 25.2. The van der Waals surface area contributed by atoms with Crippen molar-refractivity contribution < 1.29 is 18.5 Å². The summed E-state index contributed by atoms with van der Waals surface area (Å²) in [6.07, 6.45) is 2.11. The number of ether oxygens (including phenoxy) is 2. The van der Waals surface area contributed by atoms with Gasteiger partial charge < -0.3 is 14.8 Å². The number of hydrogen-bond acceptors (Lipinski definition) is 8. The van der Waals surface area contributed by atoms with Crippen LogP contribution in [0.4, 0.5) is 16.4 Å². The van der Waals surface area contributed by atoms with Gasteiger partial charge in [-0.25, -0.2) is 23.7 Å². The largest absolute Gasteiger partial charge is 0.496 e. The maximum absolute atomic E-state index is 12.6. The number of amides is 1. The minimum Gasteiger partial charge on any atom is -0.496 e. The topological polar surface area (TPSA) is 115 Å². The molecule has 0 saturated carbocycles. The number of benzene rings is 2. The smallest absolute Gasteiger partial charge is 0.418 e. The first-order valence-electron chi connectivity index (χ1n) is 9.38. The number of nitrogens with one attached hydrogen (secondary N) is 2. The second-order valence-electron chi connectivity index (χ2n) is 6.43. The molecule has 0 fully saturated rings. The number of aromatic nitrogens is 3. The van der Waals surface area contributed by atoms with E-state index in [1.54, 1.807) is 32.2 Å². The van der Waals surface area contributed by atoms with E-state index in [1.807, 2.05) is 30.3 Å². The molecule has 0 aliphatic carbocycles. The van der Waals surface area contributed by atoms with E-state index in [0.717, 1.165) is 5.56 Å². The first-order valence-corrected chi connectivity index (χ1v) is 11.4. The number of methoxy groups -OCH3 is 1. The predicted molar refractivity (Wildman–Crippen MR) is 121 cm³/mol. The van der Waals surface area contributed by atoms with Crippen molar-refractivity contribution >= 4 is 32.8 Å². The molecule has 162 valence electrons. The Morgan fingerprint density at radius 2 is 1.97 bits per heavy atom. The minimum atomic E-state index is -2.78. The van der Waals surface area contributed by atoms with E-state index in [9.17, 15) is 9.00 Å². The minimum absolute atomic E-state index is 0.198. The highest BCUT2D eigenvalue weighted by Gasteiger charge is 2.10. The third kappa shape index (κ3) is 6.16. The summed E-state index contributed by atoms with van der Waals surface area (Å²) in [4.78, 5) is 24.4. The van der Waals surface area contributed by atoms with Gasteiger partial charge in [0.1, 0.15) is 12.1 Å². The molecule has 3 rings (SSSR count). The molecule has 1 amide bonds. The molecule has 2 aromatic carbocycles. The lowest BCUT2D eigenvalue weighted by atomic mass is 10.2. The number of carbonyl (C=O) groups is 1. The molecule has 1 unspecified atom stereocenters. The molecular formula is C21H23N5O4S. The Morgan fingerprint density at radius 3 is 2.74 bits per heavy atom. The van der Waals surface area contributed by atoms with Crippen LogP contribution in [0.3, 0.4) is 0 Å². The van der Waals surface area contributed by atoms with E-state index in [2.05, 4.69) is 25.0 Å². The normalized spacial score (nSPS) is 12.4. The zero-order valence-corrected chi connectivity index (χ0v) is 18.2. The lowest BCUT2D eigenvalue weighted by Crippen LogP contribution is -2.31.